The van der Waals surface area contributed by atoms with Gasteiger partial charge in [0, 0.05) is 26.2 Å². The molecule has 0 atom stereocenters. The lowest BCUT2D eigenvalue weighted by molar-refractivity contribution is 0.271. The lowest BCUT2D eigenvalue weighted by Gasteiger charge is -2.33. The Hall–Kier alpha value is -1.10. The summed E-state index contributed by atoms with van der Waals surface area (Å²) in [5.74, 6) is -2.41. The van der Waals surface area contributed by atoms with Gasteiger partial charge in [-0.05, 0) is 19.1 Å². The summed E-state index contributed by atoms with van der Waals surface area (Å²) in [5.41, 5.74) is 0. The van der Waals surface area contributed by atoms with Gasteiger partial charge in [-0.3, -0.25) is 0 Å². The summed E-state index contributed by atoms with van der Waals surface area (Å²) in [4.78, 5) is -0.998. The Morgan fingerprint density at radius 2 is 1.41 bits per heavy atom. The Kier molecular flexibility index (Phi) is 4.85. The van der Waals surface area contributed by atoms with E-state index < -0.39 is 36.6 Å². The molecule has 10 heteroatoms. The fourth-order valence-electron chi connectivity index (χ4n) is 2.23. The van der Waals surface area contributed by atoms with Crippen molar-refractivity contribution in [1.82, 2.24) is 8.61 Å². The van der Waals surface area contributed by atoms with E-state index in [1.165, 1.54) is 11.2 Å². The zero-order valence-corrected chi connectivity index (χ0v) is 13.5. The monoisotopic (exact) mass is 354 g/mol. The van der Waals surface area contributed by atoms with Crippen molar-refractivity contribution in [2.24, 2.45) is 0 Å². The lowest BCUT2D eigenvalue weighted by Crippen LogP contribution is -2.51. The fourth-order valence-corrected chi connectivity index (χ4v) is 4.84. The van der Waals surface area contributed by atoms with Gasteiger partial charge in [0.25, 0.3) is 0 Å². The van der Waals surface area contributed by atoms with Crippen molar-refractivity contribution in [2.45, 2.75) is 11.8 Å². The second-order valence-electron chi connectivity index (χ2n) is 4.75. The molecule has 22 heavy (non-hydrogen) atoms. The van der Waals surface area contributed by atoms with E-state index in [9.17, 15) is 25.6 Å². The normalized spacial score (nSPS) is 18.5. The van der Waals surface area contributed by atoms with Gasteiger partial charge < -0.3 is 0 Å². The van der Waals surface area contributed by atoms with Crippen LogP contribution in [0.15, 0.2) is 23.1 Å². The van der Waals surface area contributed by atoms with Gasteiger partial charge in [-0.1, -0.05) is 6.07 Å². The molecule has 1 aliphatic heterocycles. The van der Waals surface area contributed by atoms with E-state index in [1.54, 1.807) is 0 Å². The fraction of sp³-hybridized carbons (Fsp3) is 0.500. The molecular formula is C12H16F2N2O4S2. The largest absolute Gasteiger partial charge is 0.249 e. The molecule has 6 nitrogen and oxygen atoms in total. The summed E-state index contributed by atoms with van der Waals surface area (Å²) in [6, 6.07) is 2.82. The van der Waals surface area contributed by atoms with Crippen molar-refractivity contribution >= 4 is 20.0 Å². The Labute approximate surface area is 128 Å². The molecule has 1 saturated heterocycles. The van der Waals surface area contributed by atoms with E-state index in [1.807, 2.05) is 0 Å². The quantitative estimate of drug-likeness (QED) is 0.794. The molecule has 1 heterocycles. The Balaban J connectivity index is 2.24. The molecule has 0 aromatic heterocycles. The van der Waals surface area contributed by atoms with Crippen LogP contribution in [0.1, 0.15) is 6.92 Å². The molecule has 0 spiro atoms. The smallest absolute Gasteiger partial charge is 0.212 e. The molecule has 2 rings (SSSR count). The highest BCUT2D eigenvalue weighted by molar-refractivity contribution is 7.89. The molecule has 0 N–H and O–H groups in total. The van der Waals surface area contributed by atoms with Crippen molar-refractivity contribution < 1.29 is 25.6 Å². The number of sulfonamides is 2. The minimum atomic E-state index is -4.34. The number of benzene rings is 1. The molecule has 0 unspecified atom stereocenters. The number of rotatable bonds is 4. The van der Waals surface area contributed by atoms with E-state index in [0.717, 1.165) is 22.5 Å². The second-order valence-corrected chi connectivity index (χ2v) is 8.89. The molecule has 1 aliphatic rings. The zero-order valence-electron chi connectivity index (χ0n) is 11.9. The summed E-state index contributed by atoms with van der Waals surface area (Å²) < 4.78 is 77.5. The van der Waals surface area contributed by atoms with Crippen LogP contribution in [0.2, 0.25) is 0 Å². The highest BCUT2D eigenvalue weighted by Crippen LogP contribution is 2.24. The van der Waals surface area contributed by atoms with Gasteiger partial charge in [-0.25, -0.2) is 25.6 Å². The van der Waals surface area contributed by atoms with Gasteiger partial charge in [0.2, 0.25) is 20.0 Å². The van der Waals surface area contributed by atoms with Crippen molar-refractivity contribution in [3.05, 3.63) is 29.8 Å². The van der Waals surface area contributed by atoms with Gasteiger partial charge in [0.1, 0.15) is 11.6 Å². The average molecular weight is 354 g/mol. The molecule has 0 aliphatic carbocycles. The van der Waals surface area contributed by atoms with E-state index in [4.69, 9.17) is 0 Å². The Morgan fingerprint density at radius 1 is 0.955 bits per heavy atom. The summed E-state index contributed by atoms with van der Waals surface area (Å²) in [6.45, 7) is 1.13. The van der Waals surface area contributed by atoms with E-state index in [2.05, 4.69) is 0 Å². The molecule has 0 radical (unpaired) electrons. The Morgan fingerprint density at radius 3 is 1.86 bits per heavy atom. The first kappa shape index (κ1) is 17.3. The van der Waals surface area contributed by atoms with Gasteiger partial charge >= 0.3 is 0 Å². The molecule has 1 aromatic carbocycles. The number of piperazine rings is 1. The van der Waals surface area contributed by atoms with Crippen molar-refractivity contribution in [2.75, 3.05) is 31.9 Å². The van der Waals surface area contributed by atoms with Crippen LogP contribution in [0.3, 0.4) is 0 Å². The molecule has 0 saturated carbocycles. The molecule has 1 fully saturated rings. The van der Waals surface area contributed by atoms with Crippen molar-refractivity contribution in [3.63, 3.8) is 0 Å². The number of hydrogen-bond acceptors (Lipinski definition) is 4. The molecule has 1 aromatic rings. The maximum absolute atomic E-state index is 13.7. The van der Waals surface area contributed by atoms with E-state index >= 15 is 0 Å². The summed E-state index contributed by atoms with van der Waals surface area (Å²) in [7, 11) is -7.74. The number of halogens is 2. The van der Waals surface area contributed by atoms with Gasteiger partial charge in [0.05, 0.1) is 5.75 Å². The van der Waals surface area contributed by atoms with Crippen LogP contribution in [-0.4, -0.2) is 57.4 Å². The molecule has 124 valence electrons. The number of hydrogen-bond donors (Lipinski definition) is 0. The zero-order chi connectivity index (χ0) is 16.5. The van der Waals surface area contributed by atoms with Crippen LogP contribution in [0.4, 0.5) is 8.78 Å². The first-order valence-electron chi connectivity index (χ1n) is 6.62. The van der Waals surface area contributed by atoms with Crippen LogP contribution < -0.4 is 0 Å². The van der Waals surface area contributed by atoms with Crippen LogP contribution >= 0.6 is 0 Å². The number of nitrogens with zero attached hydrogens (tertiary/aromatic N) is 2. The summed E-state index contributed by atoms with van der Waals surface area (Å²) in [6.07, 6.45) is 0. The molecular weight excluding hydrogens is 338 g/mol. The third-order valence-corrected chi connectivity index (χ3v) is 7.31. The maximum Gasteiger partial charge on any atom is 0.249 e. The van der Waals surface area contributed by atoms with Crippen LogP contribution in [0.5, 0.6) is 0 Å². The first-order valence-corrected chi connectivity index (χ1v) is 9.67. The molecule has 0 bridgehead atoms. The summed E-state index contributed by atoms with van der Waals surface area (Å²) >= 11 is 0. The van der Waals surface area contributed by atoms with Crippen LogP contribution in [0, 0.1) is 11.6 Å². The SMILES string of the molecule is CCS(=O)(=O)N1CCN(S(=O)(=O)c2c(F)cccc2F)CC1. The Bertz CT molecular complexity index is 737. The maximum atomic E-state index is 13.7. The van der Waals surface area contributed by atoms with Crippen LogP contribution in [0.25, 0.3) is 0 Å². The average Bonchev–Trinajstić information content (AvgIpc) is 2.47. The third kappa shape index (κ3) is 3.14. The van der Waals surface area contributed by atoms with Gasteiger partial charge in [-0.2, -0.15) is 8.61 Å². The van der Waals surface area contributed by atoms with E-state index in [0.29, 0.717) is 0 Å². The lowest BCUT2D eigenvalue weighted by atomic mass is 10.3. The highest BCUT2D eigenvalue weighted by Gasteiger charge is 2.35. The van der Waals surface area contributed by atoms with E-state index in [-0.39, 0.29) is 31.9 Å². The van der Waals surface area contributed by atoms with Crippen molar-refractivity contribution in [1.29, 1.82) is 0 Å². The van der Waals surface area contributed by atoms with Gasteiger partial charge in [-0.15, -0.1) is 0 Å². The topological polar surface area (TPSA) is 74.8 Å². The van der Waals surface area contributed by atoms with Crippen molar-refractivity contribution in [3.8, 4) is 0 Å². The third-order valence-electron chi connectivity index (χ3n) is 3.47. The predicted octanol–water partition coefficient (Wildman–Crippen LogP) is 0.621. The van der Waals surface area contributed by atoms with Crippen LogP contribution in [-0.2, 0) is 20.0 Å². The first-order chi connectivity index (χ1) is 10.2. The van der Waals surface area contributed by atoms with Gasteiger partial charge in [0.15, 0.2) is 4.90 Å². The second kappa shape index (κ2) is 6.19. The minimum Gasteiger partial charge on any atom is -0.212 e. The highest BCUT2D eigenvalue weighted by atomic mass is 32.2. The standard InChI is InChI=1S/C12H16F2N2O4S2/c1-2-21(17,18)15-6-8-16(9-7-15)22(19,20)12-10(13)4-3-5-11(12)14/h3-5H,2,6-9H2,1H3. The predicted molar refractivity (Wildman–Crippen MR) is 76.2 cm³/mol. The summed E-state index contributed by atoms with van der Waals surface area (Å²) in [5, 5.41) is 0. The molecule has 0 amide bonds. The minimum absolute atomic E-state index is 0.0362.